The van der Waals surface area contributed by atoms with Gasteiger partial charge in [0.2, 0.25) is 0 Å². The number of nitrogens with one attached hydrogen (secondary N) is 1. The van der Waals surface area contributed by atoms with Crippen LogP contribution in [-0.2, 0) is 0 Å². The van der Waals surface area contributed by atoms with Crippen LogP contribution in [0.2, 0.25) is 5.02 Å². The van der Waals surface area contributed by atoms with Gasteiger partial charge in [0, 0.05) is 20.2 Å². The van der Waals surface area contributed by atoms with Gasteiger partial charge in [0.1, 0.15) is 11.5 Å². The van der Waals surface area contributed by atoms with Gasteiger partial charge in [-0.25, -0.2) is 5.43 Å². The van der Waals surface area contributed by atoms with Crippen molar-refractivity contribution in [2.45, 2.75) is 0 Å². The van der Waals surface area contributed by atoms with Crippen molar-refractivity contribution in [3.05, 3.63) is 84.6 Å². The first-order valence-corrected chi connectivity index (χ1v) is 9.03. The molecular formula is C18H11ClIN3O4. The molecule has 27 heavy (non-hydrogen) atoms. The predicted molar refractivity (Wildman–Crippen MR) is 110 cm³/mol. The Morgan fingerprint density at radius 3 is 2.78 bits per heavy atom. The number of nitro benzene ring substituents is 1. The first-order chi connectivity index (χ1) is 12.9. The van der Waals surface area contributed by atoms with Crippen molar-refractivity contribution in [3.63, 3.8) is 0 Å². The lowest BCUT2D eigenvalue weighted by molar-refractivity contribution is -0.384. The molecule has 136 valence electrons. The van der Waals surface area contributed by atoms with E-state index >= 15 is 0 Å². The number of carbonyl (C=O) groups is 1. The van der Waals surface area contributed by atoms with Gasteiger partial charge in [-0.15, -0.1) is 0 Å². The highest BCUT2D eigenvalue weighted by atomic mass is 127. The lowest BCUT2D eigenvalue weighted by Crippen LogP contribution is -2.17. The zero-order chi connectivity index (χ0) is 19.4. The lowest BCUT2D eigenvalue weighted by atomic mass is 10.1. The summed E-state index contributed by atoms with van der Waals surface area (Å²) in [4.78, 5) is 22.7. The van der Waals surface area contributed by atoms with E-state index < -0.39 is 4.92 Å². The van der Waals surface area contributed by atoms with Crippen LogP contribution in [-0.4, -0.2) is 17.0 Å². The quantitative estimate of drug-likeness (QED) is 0.236. The zero-order valence-electron chi connectivity index (χ0n) is 13.6. The van der Waals surface area contributed by atoms with Gasteiger partial charge < -0.3 is 4.42 Å². The summed E-state index contributed by atoms with van der Waals surface area (Å²) in [7, 11) is 0. The molecule has 0 saturated carbocycles. The molecule has 2 aromatic carbocycles. The standard InChI is InChI=1S/C18H11ClIN3O4/c19-12-4-6-15(16(9-12)23(25)26)17-7-5-14(27-17)10-21-22-18(24)11-2-1-3-13(20)8-11/h1-10H,(H,22,24)/b21-10-. The van der Waals surface area contributed by atoms with E-state index in [0.717, 1.165) is 3.57 Å². The summed E-state index contributed by atoms with van der Waals surface area (Å²) in [5, 5.41) is 15.3. The normalized spacial score (nSPS) is 10.9. The molecule has 0 atom stereocenters. The zero-order valence-corrected chi connectivity index (χ0v) is 16.5. The van der Waals surface area contributed by atoms with E-state index in [1.54, 1.807) is 36.4 Å². The molecule has 0 bridgehead atoms. The molecule has 9 heteroatoms. The summed E-state index contributed by atoms with van der Waals surface area (Å²) in [6.07, 6.45) is 1.32. The van der Waals surface area contributed by atoms with E-state index in [9.17, 15) is 14.9 Å². The summed E-state index contributed by atoms with van der Waals surface area (Å²) in [5.74, 6) is 0.269. The van der Waals surface area contributed by atoms with Gasteiger partial charge in [-0.2, -0.15) is 5.10 Å². The molecule has 1 heterocycles. The first-order valence-electron chi connectivity index (χ1n) is 7.57. The first kappa shape index (κ1) is 19.1. The van der Waals surface area contributed by atoms with Crippen molar-refractivity contribution in [3.8, 4) is 11.3 Å². The van der Waals surface area contributed by atoms with Gasteiger partial charge in [0.05, 0.1) is 16.7 Å². The second-order valence-electron chi connectivity index (χ2n) is 5.33. The van der Waals surface area contributed by atoms with Crippen LogP contribution in [0.5, 0.6) is 0 Å². The number of hydrogen-bond donors (Lipinski definition) is 1. The predicted octanol–water partition coefficient (Wildman–Crippen LogP) is 4.88. The van der Waals surface area contributed by atoms with Crippen molar-refractivity contribution >= 4 is 52.0 Å². The molecule has 0 aliphatic heterocycles. The van der Waals surface area contributed by atoms with Crippen LogP contribution in [0.3, 0.4) is 0 Å². The Morgan fingerprint density at radius 1 is 1.22 bits per heavy atom. The summed E-state index contributed by atoms with van der Waals surface area (Å²) in [5.41, 5.74) is 3.02. The van der Waals surface area contributed by atoms with E-state index in [-0.39, 0.29) is 16.6 Å². The van der Waals surface area contributed by atoms with Crippen molar-refractivity contribution < 1.29 is 14.1 Å². The maximum atomic E-state index is 12.0. The van der Waals surface area contributed by atoms with Gasteiger partial charge in [-0.1, -0.05) is 17.7 Å². The summed E-state index contributed by atoms with van der Waals surface area (Å²) in [6.45, 7) is 0. The summed E-state index contributed by atoms with van der Waals surface area (Å²) in [6, 6.07) is 14.6. The molecule has 3 aromatic rings. The number of furan rings is 1. The fourth-order valence-electron chi connectivity index (χ4n) is 2.28. The SMILES string of the molecule is O=C(N/N=C\c1ccc(-c2ccc(Cl)cc2[N+](=O)[O-])o1)c1cccc(I)c1. The van der Waals surface area contributed by atoms with Crippen LogP contribution >= 0.6 is 34.2 Å². The van der Waals surface area contributed by atoms with E-state index in [0.29, 0.717) is 22.6 Å². The number of carbonyl (C=O) groups excluding carboxylic acids is 1. The molecule has 0 unspecified atom stereocenters. The number of amides is 1. The van der Waals surface area contributed by atoms with Crippen LogP contribution in [0.25, 0.3) is 11.3 Å². The molecule has 1 N–H and O–H groups in total. The minimum atomic E-state index is -0.529. The molecule has 3 rings (SSSR count). The minimum absolute atomic E-state index is 0.160. The van der Waals surface area contributed by atoms with Crippen molar-refractivity contribution in [2.24, 2.45) is 5.10 Å². The number of rotatable bonds is 5. The van der Waals surface area contributed by atoms with Crippen LogP contribution in [0.15, 0.2) is 64.1 Å². The molecule has 7 nitrogen and oxygen atoms in total. The van der Waals surface area contributed by atoms with Crippen molar-refractivity contribution in [1.82, 2.24) is 5.43 Å². The molecule has 0 radical (unpaired) electrons. The molecule has 0 spiro atoms. The van der Waals surface area contributed by atoms with E-state index in [1.807, 2.05) is 6.07 Å². The Hall–Kier alpha value is -2.72. The largest absolute Gasteiger partial charge is 0.455 e. The number of benzene rings is 2. The molecule has 0 saturated heterocycles. The molecule has 0 aliphatic carbocycles. The van der Waals surface area contributed by atoms with E-state index in [2.05, 4.69) is 33.1 Å². The Bertz CT molecular complexity index is 1050. The third-order valence-corrected chi connectivity index (χ3v) is 4.40. The number of hydrogen-bond acceptors (Lipinski definition) is 5. The van der Waals surface area contributed by atoms with E-state index in [1.165, 1.54) is 18.3 Å². The smallest absolute Gasteiger partial charge is 0.281 e. The third-order valence-electron chi connectivity index (χ3n) is 3.49. The third kappa shape index (κ3) is 4.72. The highest BCUT2D eigenvalue weighted by Crippen LogP contribution is 2.33. The molecule has 1 aromatic heterocycles. The van der Waals surface area contributed by atoms with Gasteiger partial charge >= 0.3 is 0 Å². The average Bonchev–Trinajstić information content (AvgIpc) is 3.10. The van der Waals surface area contributed by atoms with Crippen molar-refractivity contribution in [2.75, 3.05) is 0 Å². The highest BCUT2D eigenvalue weighted by molar-refractivity contribution is 14.1. The van der Waals surface area contributed by atoms with Gasteiger partial charge in [-0.05, 0) is 65.1 Å². The summed E-state index contributed by atoms with van der Waals surface area (Å²) >= 11 is 7.93. The maximum absolute atomic E-state index is 12.0. The number of nitro groups is 1. The van der Waals surface area contributed by atoms with Gasteiger partial charge in [0.25, 0.3) is 11.6 Å². The average molecular weight is 496 g/mol. The monoisotopic (exact) mass is 495 g/mol. The second kappa shape index (κ2) is 8.31. The Morgan fingerprint density at radius 2 is 2.04 bits per heavy atom. The van der Waals surface area contributed by atoms with Crippen LogP contribution in [0, 0.1) is 13.7 Å². The maximum Gasteiger partial charge on any atom is 0.281 e. The highest BCUT2D eigenvalue weighted by Gasteiger charge is 2.18. The van der Waals surface area contributed by atoms with Gasteiger partial charge in [-0.3, -0.25) is 14.9 Å². The number of nitrogens with zero attached hydrogens (tertiary/aromatic N) is 2. The minimum Gasteiger partial charge on any atom is -0.455 e. The van der Waals surface area contributed by atoms with Gasteiger partial charge in [0.15, 0.2) is 0 Å². The molecule has 1 amide bonds. The van der Waals surface area contributed by atoms with Crippen LogP contribution in [0.4, 0.5) is 5.69 Å². The van der Waals surface area contributed by atoms with Crippen molar-refractivity contribution in [1.29, 1.82) is 0 Å². The Labute approximate surface area is 172 Å². The molecule has 0 fully saturated rings. The summed E-state index contributed by atoms with van der Waals surface area (Å²) < 4.78 is 6.49. The van der Waals surface area contributed by atoms with Crippen LogP contribution < -0.4 is 5.43 Å². The second-order valence-corrected chi connectivity index (χ2v) is 7.01. The molecule has 0 aliphatic rings. The Balaban J connectivity index is 1.74. The number of hydrazone groups is 1. The van der Waals surface area contributed by atoms with E-state index in [4.69, 9.17) is 16.0 Å². The fraction of sp³-hybridized carbons (Fsp3) is 0. The fourth-order valence-corrected chi connectivity index (χ4v) is 2.99. The molecular weight excluding hydrogens is 485 g/mol. The topological polar surface area (TPSA) is 97.7 Å². The number of halogens is 2. The lowest BCUT2D eigenvalue weighted by Gasteiger charge is -2.00. The van der Waals surface area contributed by atoms with Crippen LogP contribution in [0.1, 0.15) is 16.1 Å². The Kier molecular flexibility index (Phi) is 5.87.